The van der Waals surface area contributed by atoms with Gasteiger partial charge < -0.3 is 23.7 Å². The number of benzene rings is 2. The van der Waals surface area contributed by atoms with Crippen LogP contribution in [0.2, 0.25) is 0 Å². The van der Waals surface area contributed by atoms with Crippen LogP contribution >= 0.6 is 15.9 Å². The Balaban J connectivity index is 1.84. The minimum atomic E-state index is -0.736. The molecule has 202 valence electrons. The van der Waals surface area contributed by atoms with Crippen LogP contribution in [-0.4, -0.2) is 52.5 Å². The van der Waals surface area contributed by atoms with Gasteiger partial charge in [0, 0.05) is 29.3 Å². The van der Waals surface area contributed by atoms with Crippen LogP contribution in [0.1, 0.15) is 49.7 Å². The Labute approximate surface area is 231 Å². The molecule has 1 heterocycles. The summed E-state index contributed by atoms with van der Waals surface area (Å²) in [6.45, 7) is 3.81. The number of methoxy groups -OCH3 is 4. The summed E-state index contributed by atoms with van der Waals surface area (Å²) in [5.74, 6) is 0.401. The summed E-state index contributed by atoms with van der Waals surface area (Å²) in [5, 5.41) is 0. The zero-order chi connectivity index (χ0) is 27.6. The van der Waals surface area contributed by atoms with Crippen molar-refractivity contribution in [2.24, 2.45) is 10.9 Å². The van der Waals surface area contributed by atoms with Crippen LogP contribution in [-0.2, 0) is 14.3 Å². The fraction of sp³-hybridized carbons (Fsp3) is 0.414. The van der Waals surface area contributed by atoms with Gasteiger partial charge in [-0.25, -0.2) is 0 Å². The Morgan fingerprint density at radius 2 is 1.63 bits per heavy atom. The fourth-order valence-electron chi connectivity index (χ4n) is 5.42. The Kier molecular flexibility index (Phi) is 8.45. The van der Waals surface area contributed by atoms with Crippen molar-refractivity contribution in [1.82, 2.24) is 0 Å². The number of ketones is 1. The average Bonchev–Trinajstić information content (AvgIpc) is 2.91. The predicted molar refractivity (Wildman–Crippen MR) is 147 cm³/mol. The van der Waals surface area contributed by atoms with Crippen molar-refractivity contribution in [2.45, 2.75) is 38.5 Å². The van der Waals surface area contributed by atoms with E-state index in [2.05, 4.69) is 15.9 Å². The van der Waals surface area contributed by atoms with E-state index in [1.54, 1.807) is 35.4 Å². The number of halogens is 1. The summed E-state index contributed by atoms with van der Waals surface area (Å²) in [7, 11) is 6.28. The first kappa shape index (κ1) is 27.7. The maximum absolute atomic E-state index is 13.9. The largest absolute Gasteiger partial charge is 0.493 e. The molecule has 0 radical (unpaired) electrons. The number of allylic oxidation sites excluding steroid dienone is 2. The third kappa shape index (κ3) is 5.04. The molecule has 1 unspecified atom stereocenters. The molecule has 0 fully saturated rings. The molecule has 0 aromatic heterocycles. The van der Waals surface area contributed by atoms with Gasteiger partial charge in [0.25, 0.3) is 0 Å². The molecule has 0 amide bonds. The first-order chi connectivity index (χ1) is 18.3. The molecule has 0 saturated heterocycles. The summed E-state index contributed by atoms with van der Waals surface area (Å²) in [4.78, 5) is 31.9. The van der Waals surface area contributed by atoms with Gasteiger partial charge in [-0.3, -0.25) is 14.6 Å². The summed E-state index contributed by atoms with van der Waals surface area (Å²) < 4.78 is 28.0. The summed E-state index contributed by atoms with van der Waals surface area (Å²) in [6, 6.07) is 9.39. The minimum Gasteiger partial charge on any atom is -0.493 e. The molecule has 3 atom stereocenters. The Morgan fingerprint density at radius 3 is 2.26 bits per heavy atom. The van der Waals surface area contributed by atoms with Crippen molar-refractivity contribution in [3.8, 4) is 23.0 Å². The quantitative estimate of drug-likeness (QED) is 0.371. The first-order valence-electron chi connectivity index (χ1n) is 12.4. The third-order valence-electron chi connectivity index (χ3n) is 7.12. The van der Waals surface area contributed by atoms with Gasteiger partial charge in [0.1, 0.15) is 5.92 Å². The molecule has 1 aliphatic carbocycles. The van der Waals surface area contributed by atoms with Gasteiger partial charge in [-0.2, -0.15) is 0 Å². The lowest BCUT2D eigenvalue weighted by atomic mass is 9.69. The number of carbonyl (C=O) groups excluding carboxylic acids is 2. The number of hydrogen-bond acceptors (Lipinski definition) is 8. The van der Waals surface area contributed by atoms with Gasteiger partial charge >= 0.3 is 5.97 Å². The SMILES string of the molecule is CCOC(=O)C1C(C)=NC2=C(C(=O)C[C@H](c3ccc(OC)c(OC)c3)C2)[C@@H]1c1cc(Br)c(OC)c(OC)c1. The summed E-state index contributed by atoms with van der Waals surface area (Å²) >= 11 is 3.56. The molecule has 8 nitrogen and oxygen atoms in total. The van der Waals surface area contributed by atoms with Crippen molar-refractivity contribution >= 4 is 33.4 Å². The lowest BCUT2D eigenvalue weighted by Crippen LogP contribution is -2.38. The van der Waals surface area contributed by atoms with Gasteiger partial charge in [-0.1, -0.05) is 6.07 Å². The van der Waals surface area contributed by atoms with Crippen LogP contribution in [0.25, 0.3) is 0 Å². The molecule has 0 N–H and O–H groups in total. The zero-order valence-electron chi connectivity index (χ0n) is 22.4. The van der Waals surface area contributed by atoms with Gasteiger partial charge in [0.05, 0.1) is 39.5 Å². The Bertz CT molecular complexity index is 1320. The second kappa shape index (κ2) is 11.6. The highest BCUT2D eigenvalue weighted by molar-refractivity contribution is 9.10. The van der Waals surface area contributed by atoms with Gasteiger partial charge in [-0.05, 0) is 77.5 Å². The van der Waals surface area contributed by atoms with Crippen molar-refractivity contribution in [3.63, 3.8) is 0 Å². The smallest absolute Gasteiger partial charge is 0.315 e. The van der Waals surface area contributed by atoms with Crippen LogP contribution in [0.3, 0.4) is 0 Å². The van der Waals surface area contributed by atoms with Crippen LogP contribution < -0.4 is 18.9 Å². The number of esters is 1. The monoisotopic (exact) mass is 585 g/mol. The molecular weight excluding hydrogens is 554 g/mol. The molecule has 1 aliphatic heterocycles. The van der Waals surface area contributed by atoms with Crippen LogP contribution in [0, 0.1) is 5.92 Å². The molecule has 0 bridgehead atoms. The second-order valence-corrected chi connectivity index (χ2v) is 10.1. The number of aliphatic imine (C=N–C) groups is 1. The molecule has 0 saturated carbocycles. The van der Waals surface area contributed by atoms with E-state index < -0.39 is 17.8 Å². The van der Waals surface area contributed by atoms with Crippen molar-refractivity contribution < 1.29 is 33.3 Å². The second-order valence-electron chi connectivity index (χ2n) is 9.20. The minimum absolute atomic E-state index is 0.0486. The average molecular weight is 586 g/mol. The van der Waals surface area contributed by atoms with E-state index >= 15 is 0 Å². The summed E-state index contributed by atoms with van der Waals surface area (Å²) in [6.07, 6.45) is 0.831. The van der Waals surface area contributed by atoms with Gasteiger partial charge in [0.2, 0.25) is 0 Å². The topological polar surface area (TPSA) is 92.7 Å². The molecule has 2 aliphatic rings. The Hall–Kier alpha value is -3.33. The molecule has 9 heteroatoms. The van der Waals surface area contributed by atoms with E-state index in [4.69, 9.17) is 28.7 Å². The summed E-state index contributed by atoms with van der Waals surface area (Å²) in [5.41, 5.74) is 3.55. The first-order valence-corrected chi connectivity index (χ1v) is 13.2. The number of hydrogen-bond donors (Lipinski definition) is 0. The third-order valence-corrected chi connectivity index (χ3v) is 7.71. The van der Waals surface area contributed by atoms with Gasteiger partial charge in [0.15, 0.2) is 28.8 Å². The highest BCUT2D eigenvalue weighted by atomic mass is 79.9. The zero-order valence-corrected chi connectivity index (χ0v) is 24.0. The lowest BCUT2D eigenvalue weighted by Gasteiger charge is -2.36. The normalized spacial score (nSPS) is 20.9. The lowest BCUT2D eigenvalue weighted by molar-refractivity contribution is -0.146. The number of Topliss-reactive ketones (excluding diaryl/α,β-unsaturated/α-hetero) is 1. The number of carbonyl (C=O) groups is 2. The fourth-order valence-corrected chi connectivity index (χ4v) is 6.04. The van der Waals surface area contributed by atoms with Crippen molar-refractivity contribution in [3.05, 3.63) is 57.2 Å². The van der Waals surface area contributed by atoms with Gasteiger partial charge in [-0.15, -0.1) is 0 Å². The van der Waals surface area contributed by atoms with E-state index in [0.717, 1.165) is 11.1 Å². The number of rotatable bonds is 8. The van der Waals surface area contributed by atoms with Crippen LogP contribution in [0.15, 0.2) is 51.1 Å². The predicted octanol–water partition coefficient (Wildman–Crippen LogP) is 5.62. The molecule has 2 aromatic carbocycles. The molecule has 2 aromatic rings. The van der Waals surface area contributed by atoms with Crippen LogP contribution in [0.4, 0.5) is 0 Å². The van der Waals surface area contributed by atoms with E-state index in [0.29, 0.717) is 50.9 Å². The maximum Gasteiger partial charge on any atom is 0.315 e. The number of nitrogens with zero attached hydrogens (tertiary/aromatic N) is 1. The van der Waals surface area contributed by atoms with E-state index in [9.17, 15) is 9.59 Å². The maximum atomic E-state index is 13.9. The number of ether oxygens (including phenoxy) is 5. The molecular formula is C29H32BrNO7. The van der Waals surface area contributed by atoms with Crippen molar-refractivity contribution in [1.29, 1.82) is 0 Å². The standard InChI is InChI=1S/C29H32BrNO7/c1-7-38-29(33)25-15(2)31-20-11-17(16-8-9-22(34-3)23(13-16)35-4)12-21(32)27(20)26(25)18-10-19(30)28(37-6)24(14-18)36-5/h8-10,13-14,17,25-26H,7,11-12H2,1-6H3/t17-,25?,26-/m1/s1. The van der Waals surface area contributed by atoms with E-state index in [-0.39, 0.29) is 24.7 Å². The molecule has 38 heavy (non-hydrogen) atoms. The highest BCUT2D eigenvalue weighted by Crippen LogP contribution is 2.49. The molecule has 0 spiro atoms. The molecule has 4 rings (SSSR count). The Morgan fingerprint density at radius 1 is 0.947 bits per heavy atom. The highest BCUT2D eigenvalue weighted by Gasteiger charge is 2.45. The van der Waals surface area contributed by atoms with E-state index in [1.807, 2.05) is 37.3 Å². The van der Waals surface area contributed by atoms with Crippen molar-refractivity contribution in [2.75, 3.05) is 35.0 Å². The van der Waals surface area contributed by atoms with Crippen LogP contribution in [0.5, 0.6) is 23.0 Å². The van der Waals surface area contributed by atoms with E-state index in [1.165, 1.54) is 0 Å².